The fourth-order valence-corrected chi connectivity index (χ4v) is 3.94. The van der Waals surface area contributed by atoms with E-state index in [4.69, 9.17) is 14.5 Å². The van der Waals surface area contributed by atoms with Crippen LogP contribution in [0.3, 0.4) is 0 Å². The van der Waals surface area contributed by atoms with Crippen molar-refractivity contribution >= 4 is 25.7 Å². The Morgan fingerprint density at radius 2 is 2.04 bits per heavy atom. The third-order valence-electron chi connectivity index (χ3n) is 5.17. The molecule has 7 heteroatoms. The van der Waals surface area contributed by atoms with E-state index in [1.54, 1.807) is 11.3 Å². The van der Waals surface area contributed by atoms with E-state index >= 15 is 0 Å². The van der Waals surface area contributed by atoms with Crippen LogP contribution in [0.4, 0.5) is 4.79 Å². The second-order valence-corrected chi connectivity index (χ2v) is 14.3. The Hall–Kier alpha value is -0.923. The van der Waals surface area contributed by atoms with E-state index in [2.05, 4.69) is 58.4 Å². The Morgan fingerprint density at radius 3 is 2.56 bits per heavy atom. The molecular weight excluding hydrogens is 352 g/mol. The average Bonchev–Trinajstić information content (AvgIpc) is 2.91. The Morgan fingerprint density at radius 1 is 1.40 bits per heavy atom. The molecule has 1 rings (SSSR count). The van der Waals surface area contributed by atoms with Gasteiger partial charge in [0.15, 0.2) is 8.32 Å². The molecule has 0 radical (unpaired) electrons. The average molecular weight is 387 g/mol. The minimum atomic E-state index is -1.75. The van der Waals surface area contributed by atoms with Crippen LogP contribution in [-0.2, 0) is 17.5 Å². The second-order valence-electron chi connectivity index (χ2n) is 8.51. The van der Waals surface area contributed by atoms with E-state index < -0.39 is 14.4 Å². The van der Waals surface area contributed by atoms with Crippen LogP contribution >= 0.6 is 11.3 Å². The van der Waals surface area contributed by atoms with Crippen molar-refractivity contribution in [2.75, 3.05) is 6.54 Å². The minimum absolute atomic E-state index is 0.202. The van der Waals surface area contributed by atoms with Crippen molar-refractivity contribution < 1.29 is 14.3 Å². The molecule has 1 aromatic heterocycles. The number of carbonyl (C=O) groups is 1. The first-order chi connectivity index (χ1) is 11.4. The van der Waals surface area contributed by atoms with E-state index in [0.717, 1.165) is 23.5 Å². The van der Waals surface area contributed by atoms with Crippen molar-refractivity contribution in [1.82, 2.24) is 10.3 Å². The molecule has 144 valence electrons. The van der Waals surface area contributed by atoms with Gasteiger partial charge < -0.3 is 14.8 Å². The first kappa shape index (κ1) is 22.1. The number of hydrogen-bond acceptors (Lipinski definition) is 4. The van der Waals surface area contributed by atoms with Gasteiger partial charge in [0.05, 0.1) is 17.3 Å². The number of aryl methyl sites for hydroxylation is 1. The van der Waals surface area contributed by atoms with Gasteiger partial charge >= 0.3 is 6.09 Å². The number of thiazole rings is 1. The Labute approximate surface area is 157 Å². The van der Waals surface area contributed by atoms with Gasteiger partial charge in [0, 0.05) is 11.9 Å². The molecule has 1 aromatic rings. The minimum Gasteiger partial charge on any atom is -0.465 e. The lowest BCUT2D eigenvalue weighted by Gasteiger charge is -2.35. The molecule has 5 nitrogen and oxygen atoms in total. The van der Waals surface area contributed by atoms with Gasteiger partial charge in [-0.25, -0.2) is 9.78 Å². The molecule has 0 saturated heterocycles. The van der Waals surface area contributed by atoms with Crippen LogP contribution in [0.5, 0.6) is 0 Å². The van der Waals surface area contributed by atoms with Gasteiger partial charge in [-0.05, 0) is 42.8 Å². The number of hydrogen-bond donors (Lipinski definition) is 2. The summed E-state index contributed by atoms with van der Waals surface area (Å²) < 4.78 is 6.23. The largest absolute Gasteiger partial charge is 0.465 e. The highest BCUT2D eigenvalue weighted by Gasteiger charge is 2.37. The summed E-state index contributed by atoms with van der Waals surface area (Å²) in [5.41, 5.74) is 1.01. The first-order valence-corrected chi connectivity index (χ1v) is 12.7. The number of nitrogens with zero attached hydrogens (tertiary/aromatic N) is 1. The topological polar surface area (TPSA) is 71.5 Å². The molecular formula is C18H34N2O3SSi. The first-order valence-electron chi connectivity index (χ1n) is 8.96. The standard InChI is InChI=1S/C18H34N2O3SSi/c1-13(2)14(10-19-17(21)22)8-9-16-20-15(12-24-16)11-23-25(6,7)18(3,4)5/h12-14,19H,8-11H2,1-7H3,(H,21,22)/t14-/m0/s1. The van der Waals surface area contributed by atoms with Gasteiger partial charge in [-0.2, -0.15) is 0 Å². The Bertz CT molecular complexity index is 553. The van der Waals surface area contributed by atoms with E-state index in [-0.39, 0.29) is 5.04 Å². The number of rotatable bonds is 9. The van der Waals surface area contributed by atoms with Gasteiger partial charge in [-0.15, -0.1) is 11.3 Å². The van der Waals surface area contributed by atoms with E-state index in [1.807, 2.05) is 0 Å². The Balaban J connectivity index is 2.53. The molecule has 0 aliphatic heterocycles. The second kappa shape index (κ2) is 9.14. The van der Waals surface area contributed by atoms with Crippen LogP contribution in [0.1, 0.15) is 51.7 Å². The van der Waals surface area contributed by atoms with Crippen molar-refractivity contribution in [3.8, 4) is 0 Å². The predicted octanol–water partition coefficient (Wildman–Crippen LogP) is 5.14. The van der Waals surface area contributed by atoms with Crippen molar-refractivity contribution in [2.24, 2.45) is 11.8 Å². The SMILES string of the molecule is CC(C)[C@@H](CCc1nc(CO[Si](C)(C)C(C)(C)C)cs1)CNC(=O)O. The van der Waals surface area contributed by atoms with Gasteiger partial charge in [0.2, 0.25) is 0 Å². The summed E-state index contributed by atoms with van der Waals surface area (Å²) in [7, 11) is -1.75. The summed E-state index contributed by atoms with van der Waals surface area (Å²) in [6.45, 7) is 16.6. The highest BCUT2D eigenvalue weighted by Crippen LogP contribution is 2.37. The number of carboxylic acid groups (broad SMARTS) is 1. The normalized spacial score (nSPS) is 13.9. The van der Waals surface area contributed by atoms with E-state index in [1.165, 1.54) is 0 Å². The monoisotopic (exact) mass is 386 g/mol. The van der Waals surface area contributed by atoms with Crippen LogP contribution in [-0.4, -0.2) is 31.0 Å². The molecule has 0 aromatic carbocycles. The molecule has 1 atom stereocenters. The molecule has 2 N–H and O–H groups in total. The third-order valence-corrected chi connectivity index (χ3v) is 10.6. The molecule has 1 amide bonds. The molecule has 0 aliphatic carbocycles. The lowest BCUT2D eigenvalue weighted by molar-refractivity contribution is 0.189. The fraction of sp³-hybridized carbons (Fsp3) is 0.778. The molecule has 0 spiro atoms. The Kier molecular flexibility index (Phi) is 8.09. The van der Waals surface area contributed by atoms with Crippen LogP contribution in [0, 0.1) is 11.8 Å². The van der Waals surface area contributed by atoms with Gasteiger partial charge in [0.1, 0.15) is 0 Å². The van der Waals surface area contributed by atoms with Crippen molar-refractivity contribution in [1.29, 1.82) is 0 Å². The molecule has 0 saturated carbocycles. The van der Waals surface area contributed by atoms with Gasteiger partial charge in [-0.3, -0.25) is 0 Å². The predicted molar refractivity (Wildman–Crippen MR) is 107 cm³/mol. The van der Waals surface area contributed by atoms with E-state index in [9.17, 15) is 4.79 Å². The molecule has 0 aliphatic rings. The van der Waals surface area contributed by atoms with Crippen molar-refractivity contribution in [3.05, 3.63) is 16.1 Å². The summed E-state index contributed by atoms with van der Waals surface area (Å²) >= 11 is 1.67. The third kappa shape index (κ3) is 7.46. The number of nitrogens with one attached hydrogen (secondary N) is 1. The zero-order valence-corrected chi connectivity index (χ0v) is 18.5. The highest BCUT2D eigenvalue weighted by atomic mass is 32.1. The summed E-state index contributed by atoms with van der Waals surface area (Å²) in [6.07, 6.45) is 0.869. The summed E-state index contributed by atoms with van der Waals surface area (Å²) in [6, 6.07) is 0. The quantitative estimate of drug-likeness (QED) is 0.577. The van der Waals surface area contributed by atoms with Crippen LogP contribution < -0.4 is 5.32 Å². The molecule has 25 heavy (non-hydrogen) atoms. The van der Waals surface area contributed by atoms with Gasteiger partial charge in [-0.1, -0.05) is 34.6 Å². The number of aromatic nitrogens is 1. The maximum absolute atomic E-state index is 10.7. The van der Waals surface area contributed by atoms with E-state index in [0.29, 0.717) is 25.0 Å². The maximum Gasteiger partial charge on any atom is 0.404 e. The van der Waals surface area contributed by atoms with Gasteiger partial charge in [0.25, 0.3) is 0 Å². The lowest BCUT2D eigenvalue weighted by atomic mass is 9.91. The van der Waals surface area contributed by atoms with Crippen LogP contribution in [0.15, 0.2) is 5.38 Å². The zero-order chi connectivity index (χ0) is 19.3. The molecule has 0 fully saturated rings. The summed E-state index contributed by atoms with van der Waals surface area (Å²) in [5, 5.41) is 14.7. The van der Waals surface area contributed by atoms with Crippen LogP contribution in [0.2, 0.25) is 18.1 Å². The highest BCUT2D eigenvalue weighted by molar-refractivity contribution is 7.09. The zero-order valence-electron chi connectivity index (χ0n) is 16.7. The maximum atomic E-state index is 10.7. The lowest BCUT2D eigenvalue weighted by Crippen LogP contribution is -2.40. The summed E-state index contributed by atoms with van der Waals surface area (Å²) in [4.78, 5) is 15.4. The molecule has 1 heterocycles. The smallest absolute Gasteiger partial charge is 0.404 e. The van der Waals surface area contributed by atoms with Crippen LogP contribution in [0.25, 0.3) is 0 Å². The van der Waals surface area contributed by atoms with Crippen molar-refractivity contribution in [2.45, 2.75) is 72.2 Å². The summed E-state index contributed by atoms with van der Waals surface area (Å²) in [5.74, 6) is 0.764. The molecule has 0 bridgehead atoms. The fourth-order valence-electron chi connectivity index (χ4n) is 2.20. The number of amides is 1. The van der Waals surface area contributed by atoms with Crippen molar-refractivity contribution in [3.63, 3.8) is 0 Å². The molecule has 0 unspecified atom stereocenters.